The van der Waals surface area contributed by atoms with E-state index in [2.05, 4.69) is 32.0 Å². The second-order valence-corrected chi connectivity index (χ2v) is 7.88. The quantitative estimate of drug-likeness (QED) is 0.522. The SMILES string of the molecule is CCOC(=O)c1cnc(OC)nc1CCc1ccccc1-c1ccnc(N2CCCC2)c1N. The molecule has 0 amide bonds. The van der Waals surface area contributed by atoms with Crippen LogP contribution in [0.3, 0.4) is 0 Å². The van der Waals surface area contributed by atoms with Crippen LogP contribution in [0.5, 0.6) is 6.01 Å². The number of esters is 1. The molecule has 172 valence electrons. The minimum Gasteiger partial charge on any atom is -0.467 e. The number of hydrogen-bond acceptors (Lipinski definition) is 8. The van der Waals surface area contributed by atoms with Gasteiger partial charge in [0.05, 0.1) is 30.7 Å². The summed E-state index contributed by atoms with van der Waals surface area (Å²) in [7, 11) is 1.50. The molecule has 0 unspecified atom stereocenters. The fourth-order valence-electron chi connectivity index (χ4n) is 4.20. The van der Waals surface area contributed by atoms with Crippen molar-refractivity contribution in [3.63, 3.8) is 0 Å². The zero-order chi connectivity index (χ0) is 23.2. The number of rotatable bonds is 8. The van der Waals surface area contributed by atoms with Crippen molar-refractivity contribution in [1.29, 1.82) is 0 Å². The van der Waals surface area contributed by atoms with Crippen molar-refractivity contribution in [1.82, 2.24) is 15.0 Å². The van der Waals surface area contributed by atoms with E-state index >= 15 is 0 Å². The Balaban J connectivity index is 1.64. The van der Waals surface area contributed by atoms with Gasteiger partial charge in [-0.1, -0.05) is 24.3 Å². The third kappa shape index (κ3) is 4.89. The van der Waals surface area contributed by atoms with Crippen LogP contribution in [0.4, 0.5) is 11.5 Å². The maximum atomic E-state index is 12.4. The highest BCUT2D eigenvalue weighted by Crippen LogP contribution is 2.35. The number of methoxy groups -OCH3 is 1. The average Bonchev–Trinajstić information content (AvgIpc) is 3.38. The molecule has 0 atom stereocenters. The second kappa shape index (κ2) is 10.3. The highest BCUT2D eigenvalue weighted by atomic mass is 16.5. The van der Waals surface area contributed by atoms with E-state index in [0.29, 0.717) is 29.8 Å². The van der Waals surface area contributed by atoms with Gasteiger partial charge in [0.2, 0.25) is 0 Å². The molecule has 1 fully saturated rings. The number of carbonyl (C=O) groups excluding carboxylic acids is 1. The lowest BCUT2D eigenvalue weighted by Crippen LogP contribution is -2.20. The minimum atomic E-state index is -0.433. The van der Waals surface area contributed by atoms with Crippen molar-refractivity contribution in [3.8, 4) is 17.1 Å². The summed E-state index contributed by atoms with van der Waals surface area (Å²) in [5.41, 5.74) is 11.4. The predicted octanol–water partition coefficient (Wildman–Crippen LogP) is 3.69. The first-order valence-corrected chi connectivity index (χ1v) is 11.3. The molecule has 33 heavy (non-hydrogen) atoms. The third-order valence-corrected chi connectivity index (χ3v) is 5.84. The summed E-state index contributed by atoms with van der Waals surface area (Å²) in [6.07, 6.45) is 6.79. The van der Waals surface area contributed by atoms with Crippen LogP contribution in [0.2, 0.25) is 0 Å². The number of anilines is 2. The Morgan fingerprint density at radius 3 is 2.64 bits per heavy atom. The van der Waals surface area contributed by atoms with E-state index in [9.17, 15) is 4.79 Å². The van der Waals surface area contributed by atoms with Gasteiger partial charge in [0.25, 0.3) is 0 Å². The van der Waals surface area contributed by atoms with Gasteiger partial charge in [0, 0.05) is 31.0 Å². The third-order valence-electron chi connectivity index (χ3n) is 5.84. The van der Waals surface area contributed by atoms with Gasteiger partial charge in [-0.25, -0.2) is 14.8 Å². The van der Waals surface area contributed by atoms with Gasteiger partial charge in [0.15, 0.2) is 5.82 Å². The normalized spacial score (nSPS) is 13.2. The zero-order valence-corrected chi connectivity index (χ0v) is 19.1. The van der Waals surface area contributed by atoms with E-state index in [1.165, 1.54) is 13.3 Å². The lowest BCUT2D eigenvalue weighted by atomic mass is 9.95. The number of nitrogen functional groups attached to an aromatic ring is 1. The molecular formula is C25H29N5O3. The van der Waals surface area contributed by atoms with Gasteiger partial charge in [-0.3, -0.25) is 0 Å². The summed E-state index contributed by atoms with van der Waals surface area (Å²) in [5, 5.41) is 0. The van der Waals surface area contributed by atoms with Gasteiger partial charge >= 0.3 is 12.0 Å². The molecule has 0 saturated carbocycles. The number of carbonyl (C=O) groups is 1. The zero-order valence-electron chi connectivity index (χ0n) is 19.1. The Morgan fingerprint density at radius 2 is 1.88 bits per heavy atom. The number of nitrogens with zero attached hydrogens (tertiary/aromatic N) is 4. The molecule has 1 saturated heterocycles. The van der Waals surface area contributed by atoms with Gasteiger partial charge in [-0.2, -0.15) is 4.98 Å². The van der Waals surface area contributed by atoms with Crippen molar-refractivity contribution in [3.05, 3.63) is 59.5 Å². The maximum absolute atomic E-state index is 12.4. The molecule has 0 aliphatic carbocycles. The monoisotopic (exact) mass is 447 g/mol. The summed E-state index contributed by atoms with van der Waals surface area (Å²) in [5.74, 6) is 0.419. The van der Waals surface area contributed by atoms with E-state index in [1.807, 2.05) is 24.4 Å². The fourth-order valence-corrected chi connectivity index (χ4v) is 4.20. The first-order valence-electron chi connectivity index (χ1n) is 11.3. The molecule has 1 aliphatic heterocycles. The standard InChI is InChI=1S/C25H29N5O3/c1-3-33-24(31)20-16-28-25(32-2)29-21(20)11-10-17-8-4-5-9-18(17)19-12-13-27-23(22(19)26)30-14-6-7-15-30/h4-5,8-9,12-13,16H,3,6-7,10-11,14-15,26H2,1-2H3. The summed E-state index contributed by atoms with van der Waals surface area (Å²) in [6, 6.07) is 10.3. The molecule has 3 aromatic rings. The number of pyridine rings is 1. The Bertz CT molecular complexity index is 1130. The number of aromatic nitrogens is 3. The van der Waals surface area contributed by atoms with Crippen molar-refractivity contribution < 1.29 is 14.3 Å². The summed E-state index contributed by atoms with van der Waals surface area (Å²) >= 11 is 0. The first kappa shape index (κ1) is 22.5. The van der Waals surface area contributed by atoms with E-state index in [1.54, 1.807) is 6.92 Å². The second-order valence-electron chi connectivity index (χ2n) is 7.88. The van der Waals surface area contributed by atoms with E-state index < -0.39 is 5.97 Å². The molecule has 4 rings (SSSR count). The molecule has 3 heterocycles. The van der Waals surface area contributed by atoms with Crippen LogP contribution >= 0.6 is 0 Å². The highest BCUT2D eigenvalue weighted by molar-refractivity contribution is 5.90. The molecule has 0 bridgehead atoms. The van der Waals surface area contributed by atoms with Crippen LogP contribution in [0, 0.1) is 0 Å². The predicted molar refractivity (Wildman–Crippen MR) is 127 cm³/mol. The largest absolute Gasteiger partial charge is 0.467 e. The fraction of sp³-hybridized carbons (Fsp3) is 0.360. The Hall–Kier alpha value is -3.68. The Kier molecular flexibility index (Phi) is 7.02. The summed E-state index contributed by atoms with van der Waals surface area (Å²) in [4.78, 5) is 27.7. The van der Waals surface area contributed by atoms with Gasteiger partial charge in [0.1, 0.15) is 0 Å². The molecular weight excluding hydrogens is 418 g/mol. The van der Waals surface area contributed by atoms with Crippen molar-refractivity contribution in [2.75, 3.05) is 37.4 Å². The van der Waals surface area contributed by atoms with Crippen LogP contribution in [-0.4, -0.2) is 47.7 Å². The van der Waals surface area contributed by atoms with Crippen LogP contribution in [0.1, 0.15) is 41.4 Å². The maximum Gasteiger partial charge on any atom is 0.341 e. The number of nitrogens with two attached hydrogens (primary N) is 1. The van der Waals surface area contributed by atoms with Crippen molar-refractivity contribution in [2.24, 2.45) is 0 Å². The lowest BCUT2D eigenvalue weighted by Gasteiger charge is -2.21. The highest BCUT2D eigenvalue weighted by Gasteiger charge is 2.20. The molecule has 2 N–H and O–H groups in total. The van der Waals surface area contributed by atoms with Crippen LogP contribution < -0.4 is 15.4 Å². The molecule has 8 nitrogen and oxygen atoms in total. The topological polar surface area (TPSA) is 103 Å². The molecule has 2 aromatic heterocycles. The average molecular weight is 448 g/mol. The molecule has 0 spiro atoms. The van der Waals surface area contributed by atoms with E-state index in [0.717, 1.165) is 48.4 Å². The number of ether oxygens (including phenoxy) is 2. The number of benzene rings is 1. The molecule has 1 aliphatic rings. The first-order chi connectivity index (χ1) is 16.1. The van der Waals surface area contributed by atoms with Gasteiger partial charge in [-0.15, -0.1) is 0 Å². The Morgan fingerprint density at radius 1 is 1.09 bits per heavy atom. The lowest BCUT2D eigenvalue weighted by molar-refractivity contribution is 0.0523. The molecule has 0 radical (unpaired) electrons. The smallest absolute Gasteiger partial charge is 0.341 e. The van der Waals surface area contributed by atoms with Crippen LogP contribution in [-0.2, 0) is 17.6 Å². The van der Waals surface area contributed by atoms with Gasteiger partial charge < -0.3 is 20.1 Å². The minimum absolute atomic E-state index is 0.222. The van der Waals surface area contributed by atoms with Crippen molar-refractivity contribution in [2.45, 2.75) is 32.6 Å². The number of hydrogen-bond donors (Lipinski definition) is 1. The van der Waals surface area contributed by atoms with Gasteiger partial charge in [-0.05, 0) is 49.8 Å². The van der Waals surface area contributed by atoms with Crippen molar-refractivity contribution >= 4 is 17.5 Å². The summed E-state index contributed by atoms with van der Waals surface area (Å²) in [6.45, 7) is 4.02. The molecule has 1 aromatic carbocycles. The Labute approximate surface area is 193 Å². The summed E-state index contributed by atoms with van der Waals surface area (Å²) < 4.78 is 10.3. The van der Waals surface area contributed by atoms with E-state index in [-0.39, 0.29) is 12.6 Å². The number of aryl methyl sites for hydroxylation is 2. The van der Waals surface area contributed by atoms with Crippen LogP contribution in [0.15, 0.2) is 42.7 Å². The van der Waals surface area contributed by atoms with E-state index in [4.69, 9.17) is 15.2 Å². The van der Waals surface area contributed by atoms with Crippen LogP contribution in [0.25, 0.3) is 11.1 Å². The molecule has 8 heteroatoms.